The van der Waals surface area contributed by atoms with Crippen molar-refractivity contribution in [1.29, 1.82) is 0 Å². The van der Waals surface area contributed by atoms with Gasteiger partial charge in [-0.25, -0.2) is 4.98 Å². The Morgan fingerprint density at radius 3 is 2.65 bits per heavy atom. The van der Waals surface area contributed by atoms with Gasteiger partial charge in [-0.05, 0) is 37.6 Å². The lowest BCUT2D eigenvalue weighted by molar-refractivity contribution is 0.415. The molecule has 0 aliphatic carbocycles. The zero-order chi connectivity index (χ0) is 16.2. The fraction of sp³-hybridized carbons (Fsp3) is 0.353. The summed E-state index contributed by atoms with van der Waals surface area (Å²) in [6.07, 6.45) is 2.26. The fourth-order valence-electron chi connectivity index (χ4n) is 2.37. The molecule has 2 heterocycles. The van der Waals surface area contributed by atoms with E-state index in [-0.39, 0.29) is 0 Å². The number of aromatic nitrogens is 4. The molecule has 0 unspecified atom stereocenters. The maximum absolute atomic E-state index is 5.19. The minimum atomic E-state index is 0.606. The van der Waals surface area contributed by atoms with E-state index in [0.29, 0.717) is 11.6 Å². The van der Waals surface area contributed by atoms with Gasteiger partial charge in [-0.3, -0.25) is 0 Å². The Kier molecular flexibility index (Phi) is 4.41. The highest BCUT2D eigenvalue weighted by atomic mass is 16.5. The van der Waals surface area contributed by atoms with Gasteiger partial charge in [-0.1, -0.05) is 13.3 Å². The number of hydrogen-bond donors (Lipinski definition) is 1. The van der Waals surface area contributed by atoms with Crippen LogP contribution in [0, 0.1) is 6.92 Å². The normalized spacial score (nSPS) is 10.9. The van der Waals surface area contributed by atoms with Crippen molar-refractivity contribution >= 4 is 11.6 Å². The Morgan fingerprint density at radius 2 is 1.96 bits per heavy atom. The molecule has 0 atom stereocenters. The summed E-state index contributed by atoms with van der Waals surface area (Å²) in [7, 11) is 1.65. The first-order valence-corrected chi connectivity index (χ1v) is 7.84. The van der Waals surface area contributed by atoms with Gasteiger partial charge < -0.3 is 10.1 Å². The molecule has 0 aliphatic rings. The lowest BCUT2D eigenvalue weighted by Crippen LogP contribution is -2.08. The summed E-state index contributed by atoms with van der Waals surface area (Å²) in [5, 5.41) is 8.01. The Hall–Kier alpha value is -2.63. The van der Waals surface area contributed by atoms with E-state index in [1.54, 1.807) is 11.6 Å². The largest absolute Gasteiger partial charge is 0.497 e. The molecule has 120 valence electrons. The summed E-state index contributed by atoms with van der Waals surface area (Å²) in [6, 6.07) is 9.70. The second kappa shape index (κ2) is 6.64. The van der Waals surface area contributed by atoms with Crippen LogP contribution in [0.2, 0.25) is 0 Å². The summed E-state index contributed by atoms with van der Waals surface area (Å²) in [5.41, 5.74) is 1.86. The minimum Gasteiger partial charge on any atom is -0.497 e. The Labute approximate surface area is 135 Å². The molecule has 1 N–H and O–H groups in total. The Balaban J connectivity index is 1.97. The first-order chi connectivity index (χ1) is 11.2. The maximum Gasteiger partial charge on any atom is 0.254 e. The highest BCUT2D eigenvalue weighted by molar-refractivity contribution is 5.59. The van der Waals surface area contributed by atoms with Crippen molar-refractivity contribution in [2.45, 2.75) is 26.7 Å². The molecule has 0 spiro atoms. The number of methoxy groups -OCH3 is 1. The predicted octanol–water partition coefficient (Wildman–Crippen LogP) is 3.32. The lowest BCUT2D eigenvalue weighted by Gasteiger charge is -2.07. The van der Waals surface area contributed by atoms with Crippen molar-refractivity contribution in [2.24, 2.45) is 0 Å². The summed E-state index contributed by atoms with van der Waals surface area (Å²) < 4.78 is 6.95. The SMILES string of the molecule is CCCCNc1cc(C)nc2nc(-c3ccc(OC)cc3)nn12. The minimum absolute atomic E-state index is 0.606. The van der Waals surface area contributed by atoms with Crippen molar-refractivity contribution in [3.05, 3.63) is 36.0 Å². The fourth-order valence-corrected chi connectivity index (χ4v) is 2.37. The van der Waals surface area contributed by atoms with Crippen molar-refractivity contribution < 1.29 is 4.74 Å². The van der Waals surface area contributed by atoms with Crippen molar-refractivity contribution in [1.82, 2.24) is 19.6 Å². The van der Waals surface area contributed by atoms with Crippen LogP contribution < -0.4 is 10.1 Å². The molecule has 2 aromatic heterocycles. The smallest absolute Gasteiger partial charge is 0.254 e. The van der Waals surface area contributed by atoms with Gasteiger partial charge in [-0.2, -0.15) is 9.50 Å². The van der Waals surface area contributed by atoms with Crippen LogP contribution in [0.1, 0.15) is 25.5 Å². The van der Waals surface area contributed by atoms with Gasteiger partial charge in [0.2, 0.25) is 0 Å². The standard InChI is InChI=1S/C17H21N5O/c1-4-5-10-18-15-11-12(2)19-17-20-16(21-22(15)17)13-6-8-14(23-3)9-7-13/h6-9,11,18H,4-5,10H2,1-3H3. The third kappa shape index (κ3) is 3.26. The summed E-state index contributed by atoms with van der Waals surface area (Å²) in [4.78, 5) is 9.02. The monoisotopic (exact) mass is 311 g/mol. The average Bonchev–Trinajstić information content (AvgIpc) is 2.99. The van der Waals surface area contributed by atoms with E-state index in [9.17, 15) is 0 Å². The highest BCUT2D eigenvalue weighted by Gasteiger charge is 2.11. The van der Waals surface area contributed by atoms with Crippen LogP contribution in [0.15, 0.2) is 30.3 Å². The predicted molar refractivity (Wildman–Crippen MR) is 90.9 cm³/mol. The number of unbranched alkanes of at least 4 members (excludes halogenated alkanes) is 1. The van der Waals surface area contributed by atoms with E-state index in [1.165, 1.54) is 0 Å². The van der Waals surface area contributed by atoms with Gasteiger partial charge in [-0.15, -0.1) is 5.10 Å². The van der Waals surface area contributed by atoms with Crippen LogP contribution in [-0.4, -0.2) is 33.2 Å². The lowest BCUT2D eigenvalue weighted by atomic mass is 10.2. The number of nitrogens with one attached hydrogen (secondary N) is 1. The van der Waals surface area contributed by atoms with E-state index in [1.807, 2.05) is 37.3 Å². The third-order valence-electron chi connectivity index (χ3n) is 3.62. The molecule has 0 amide bonds. The van der Waals surface area contributed by atoms with Crippen LogP contribution in [0.5, 0.6) is 5.75 Å². The highest BCUT2D eigenvalue weighted by Crippen LogP contribution is 2.21. The molecule has 6 nitrogen and oxygen atoms in total. The second-order valence-electron chi connectivity index (χ2n) is 5.44. The van der Waals surface area contributed by atoms with Crippen LogP contribution in [-0.2, 0) is 0 Å². The molecule has 0 aliphatic heterocycles. The van der Waals surface area contributed by atoms with Gasteiger partial charge in [0.05, 0.1) is 7.11 Å². The van der Waals surface area contributed by atoms with Gasteiger partial charge >= 0.3 is 0 Å². The van der Waals surface area contributed by atoms with E-state index < -0.39 is 0 Å². The topological polar surface area (TPSA) is 64.3 Å². The third-order valence-corrected chi connectivity index (χ3v) is 3.62. The maximum atomic E-state index is 5.19. The zero-order valence-corrected chi connectivity index (χ0v) is 13.7. The molecule has 0 saturated carbocycles. The molecular formula is C17H21N5O. The molecule has 0 bridgehead atoms. The van der Waals surface area contributed by atoms with Crippen LogP contribution in [0.4, 0.5) is 5.82 Å². The molecule has 3 aromatic rings. The summed E-state index contributed by atoms with van der Waals surface area (Å²) in [5.74, 6) is 3.00. The molecule has 1 aromatic carbocycles. The number of fused-ring (bicyclic) bond motifs is 1. The number of rotatable bonds is 6. The number of hydrogen-bond acceptors (Lipinski definition) is 5. The molecular weight excluding hydrogens is 290 g/mol. The van der Waals surface area contributed by atoms with Crippen LogP contribution in [0.25, 0.3) is 17.2 Å². The summed E-state index contributed by atoms with van der Waals surface area (Å²) >= 11 is 0. The number of ether oxygens (including phenoxy) is 1. The molecule has 23 heavy (non-hydrogen) atoms. The quantitative estimate of drug-likeness (QED) is 0.707. The number of anilines is 1. The number of nitrogens with zero attached hydrogens (tertiary/aromatic N) is 4. The van der Waals surface area contributed by atoms with Crippen molar-refractivity contribution in [3.8, 4) is 17.1 Å². The van der Waals surface area contributed by atoms with E-state index in [4.69, 9.17) is 4.74 Å². The van der Waals surface area contributed by atoms with E-state index in [0.717, 1.165) is 42.2 Å². The van der Waals surface area contributed by atoms with E-state index >= 15 is 0 Å². The first-order valence-electron chi connectivity index (χ1n) is 7.84. The van der Waals surface area contributed by atoms with Crippen molar-refractivity contribution in [3.63, 3.8) is 0 Å². The van der Waals surface area contributed by atoms with Gasteiger partial charge in [0, 0.05) is 23.9 Å². The first kappa shape index (κ1) is 15.3. The Morgan fingerprint density at radius 1 is 1.17 bits per heavy atom. The van der Waals surface area contributed by atoms with Crippen molar-refractivity contribution in [2.75, 3.05) is 19.0 Å². The summed E-state index contributed by atoms with van der Waals surface area (Å²) in [6.45, 7) is 5.05. The van der Waals surface area contributed by atoms with Gasteiger partial charge in [0.25, 0.3) is 5.78 Å². The Bertz CT molecular complexity index is 795. The molecule has 3 rings (SSSR count). The van der Waals surface area contributed by atoms with E-state index in [2.05, 4.69) is 27.3 Å². The number of aryl methyl sites for hydroxylation is 1. The van der Waals surface area contributed by atoms with Crippen LogP contribution >= 0.6 is 0 Å². The molecule has 0 radical (unpaired) electrons. The molecule has 0 fully saturated rings. The molecule has 0 saturated heterocycles. The molecule has 6 heteroatoms. The van der Waals surface area contributed by atoms with Crippen LogP contribution in [0.3, 0.4) is 0 Å². The second-order valence-corrected chi connectivity index (χ2v) is 5.44. The average molecular weight is 311 g/mol. The van der Waals surface area contributed by atoms with Gasteiger partial charge in [0.15, 0.2) is 5.82 Å². The van der Waals surface area contributed by atoms with Gasteiger partial charge in [0.1, 0.15) is 11.6 Å². The number of benzene rings is 1. The zero-order valence-electron chi connectivity index (χ0n) is 13.7.